The quantitative estimate of drug-likeness (QED) is 0.245. The number of nitrogens with two attached hydrogens (primary N) is 1. The Bertz CT molecular complexity index is 1910. The predicted octanol–water partition coefficient (Wildman–Crippen LogP) is 4.76. The summed E-state index contributed by atoms with van der Waals surface area (Å²) in [5, 5.41) is 19.9. The van der Waals surface area contributed by atoms with Crippen LogP contribution in [0.4, 0.5) is 5.00 Å². The molecular formula is C35H43N9O4S. The highest BCUT2D eigenvalue weighted by Gasteiger charge is 2.44. The Labute approximate surface area is 290 Å². The minimum atomic E-state index is -0.588. The first-order chi connectivity index (χ1) is 23.6. The smallest absolute Gasteiger partial charge is 0.274 e. The number of hydrogen-bond donors (Lipinski definition) is 1. The lowest BCUT2D eigenvalue weighted by Gasteiger charge is -2.34. The summed E-state index contributed by atoms with van der Waals surface area (Å²) in [5.41, 5.74) is 8.96. The lowest BCUT2D eigenvalue weighted by Crippen LogP contribution is -2.49. The van der Waals surface area contributed by atoms with Gasteiger partial charge in [-0.05, 0) is 77.6 Å². The number of carbonyl (C=O) groups excluding carboxylic acids is 1. The Morgan fingerprint density at radius 1 is 1.33 bits per heavy atom. The summed E-state index contributed by atoms with van der Waals surface area (Å²) in [6.45, 7) is 8.36. The van der Waals surface area contributed by atoms with Crippen molar-refractivity contribution < 1.29 is 18.8 Å². The van der Waals surface area contributed by atoms with Crippen LogP contribution < -0.4 is 10.5 Å². The van der Waals surface area contributed by atoms with Gasteiger partial charge in [0.25, 0.3) is 5.91 Å². The molecule has 1 amide bonds. The highest BCUT2D eigenvalue weighted by molar-refractivity contribution is 7.16. The van der Waals surface area contributed by atoms with E-state index in [1.165, 1.54) is 11.3 Å². The van der Waals surface area contributed by atoms with Gasteiger partial charge in [0.2, 0.25) is 5.88 Å². The molecule has 2 N–H and O–H groups in total. The minimum Gasteiger partial charge on any atom is -0.473 e. The van der Waals surface area contributed by atoms with Gasteiger partial charge in [-0.3, -0.25) is 9.69 Å². The van der Waals surface area contributed by atoms with Crippen LogP contribution in [-0.2, 0) is 23.0 Å². The molecule has 4 aromatic rings. The predicted molar refractivity (Wildman–Crippen MR) is 184 cm³/mol. The topological polar surface area (TPSA) is 161 Å². The van der Waals surface area contributed by atoms with Crippen LogP contribution in [0.1, 0.15) is 90.7 Å². The second kappa shape index (κ2) is 13.2. The van der Waals surface area contributed by atoms with Gasteiger partial charge in [-0.1, -0.05) is 18.5 Å². The van der Waals surface area contributed by atoms with Crippen molar-refractivity contribution >= 4 is 22.2 Å². The number of likely N-dealkylation sites (tertiary alicyclic amines) is 1. The van der Waals surface area contributed by atoms with Gasteiger partial charge in [-0.2, -0.15) is 15.3 Å². The van der Waals surface area contributed by atoms with Gasteiger partial charge in [0, 0.05) is 35.8 Å². The number of aryl methyl sites for hydroxylation is 1. The van der Waals surface area contributed by atoms with E-state index < -0.39 is 5.41 Å². The van der Waals surface area contributed by atoms with Crippen molar-refractivity contribution in [2.45, 2.75) is 89.3 Å². The van der Waals surface area contributed by atoms with E-state index in [1.54, 1.807) is 35.0 Å². The molecule has 0 unspecified atom stereocenters. The molecule has 6 heterocycles. The summed E-state index contributed by atoms with van der Waals surface area (Å²) in [5.74, 6) is 1.70. The third kappa shape index (κ3) is 5.87. The normalized spacial score (nSPS) is 21.6. The van der Waals surface area contributed by atoms with Crippen LogP contribution in [-0.4, -0.2) is 92.7 Å². The van der Waals surface area contributed by atoms with Crippen molar-refractivity contribution in [1.82, 2.24) is 34.7 Å². The van der Waals surface area contributed by atoms with Crippen LogP contribution in [0.15, 0.2) is 22.9 Å². The van der Waals surface area contributed by atoms with Crippen molar-refractivity contribution in [1.29, 1.82) is 5.26 Å². The number of ether oxygens (including phenoxy) is 2. The second-order valence-corrected chi connectivity index (χ2v) is 14.8. The fraction of sp³-hybridized carbons (Fsp3) is 0.543. The molecular weight excluding hydrogens is 643 g/mol. The van der Waals surface area contributed by atoms with E-state index in [9.17, 15) is 10.1 Å². The average molecular weight is 686 g/mol. The number of hydrogen-bond acceptors (Lipinski definition) is 12. The van der Waals surface area contributed by atoms with Crippen LogP contribution in [0.3, 0.4) is 0 Å². The van der Waals surface area contributed by atoms with Crippen molar-refractivity contribution in [2.24, 2.45) is 0 Å². The maximum Gasteiger partial charge on any atom is 0.274 e. The van der Waals surface area contributed by atoms with Crippen molar-refractivity contribution in [3.05, 3.63) is 51.4 Å². The lowest BCUT2D eigenvalue weighted by molar-refractivity contribution is -0.0469. The van der Waals surface area contributed by atoms with Gasteiger partial charge in [0.05, 0.1) is 30.2 Å². The van der Waals surface area contributed by atoms with Gasteiger partial charge in [-0.15, -0.1) is 11.3 Å². The zero-order valence-electron chi connectivity index (χ0n) is 28.7. The summed E-state index contributed by atoms with van der Waals surface area (Å²) < 4.78 is 19.7. The Hall–Kier alpha value is -4.32. The number of nitrogen functional groups attached to an aromatic ring is 1. The first-order valence-electron chi connectivity index (χ1n) is 17.1. The molecule has 0 saturated carbocycles. The fourth-order valence-electron chi connectivity index (χ4n) is 7.58. The van der Waals surface area contributed by atoms with Gasteiger partial charge in [0.1, 0.15) is 17.2 Å². The molecule has 2 aliphatic heterocycles. The summed E-state index contributed by atoms with van der Waals surface area (Å²) in [4.78, 5) is 28.2. The van der Waals surface area contributed by atoms with Gasteiger partial charge in [-0.25, -0.2) is 9.67 Å². The molecule has 49 heavy (non-hydrogen) atoms. The van der Waals surface area contributed by atoms with Gasteiger partial charge < -0.3 is 24.6 Å². The Kier molecular flexibility index (Phi) is 8.93. The van der Waals surface area contributed by atoms with Crippen molar-refractivity contribution in [3.8, 4) is 29.3 Å². The zero-order valence-corrected chi connectivity index (χ0v) is 29.5. The number of aromatic nitrogens is 5. The highest BCUT2D eigenvalue weighted by Crippen LogP contribution is 2.50. The monoisotopic (exact) mass is 685 g/mol. The summed E-state index contributed by atoms with van der Waals surface area (Å²) >= 11 is 1.50. The standard InChI is InChI=1S/C35H43N9O4S/c1-6-9-22-30(41-48-31(22)35(3)13-7-11-26-29(35)23(17-36)32(37)49-26)33-38-27(16-28(39-33)47-20(2)25-10-8-14-42(25)4)44-15-12-24(40-44)34(45)43(5)21-18-46-19-21/h12,15-16,20-21,25H,6-11,13-14,18-19,37H2,1-5H3/t20-,25-,35-/m0/s1. The number of carbonyl (C=O) groups is 1. The van der Waals surface area contributed by atoms with Crippen LogP contribution >= 0.6 is 11.3 Å². The van der Waals surface area contributed by atoms with Crippen molar-refractivity contribution in [3.63, 3.8) is 0 Å². The Balaban J connectivity index is 1.31. The molecule has 1 aliphatic carbocycles. The maximum absolute atomic E-state index is 13.2. The fourth-order valence-corrected chi connectivity index (χ4v) is 8.77. The molecule has 14 heteroatoms. The van der Waals surface area contributed by atoms with E-state index in [-0.39, 0.29) is 24.1 Å². The number of nitrogens with zero attached hydrogens (tertiary/aromatic N) is 8. The molecule has 0 spiro atoms. The number of nitriles is 1. The number of amides is 1. The molecule has 0 aromatic carbocycles. The molecule has 0 bridgehead atoms. The van der Waals surface area contributed by atoms with Gasteiger partial charge in [0.15, 0.2) is 28.8 Å². The molecule has 2 saturated heterocycles. The molecule has 2 fully saturated rings. The van der Waals surface area contributed by atoms with Crippen LogP contribution in [0.5, 0.6) is 5.88 Å². The molecule has 3 atom stereocenters. The molecule has 258 valence electrons. The number of likely N-dealkylation sites (N-methyl/N-ethyl adjacent to an activating group) is 2. The number of fused-ring (bicyclic) bond motifs is 1. The molecule has 4 aromatic heterocycles. The van der Waals surface area contributed by atoms with E-state index in [1.807, 2.05) is 0 Å². The third-order valence-electron chi connectivity index (χ3n) is 10.4. The number of rotatable bonds is 10. The van der Waals surface area contributed by atoms with Crippen LogP contribution in [0.25, 0.3) is 17.3 Å². The molecule has 0 radical (unpaired) electrons. The first kappa shape index (κ1) is 33.2. The van der Waals surface area contributed by atoms with Crippen molar-refractivity contribution in [2.75, 3.05) is 39.6 Å². The zero-order chi connectivity index (χ0) is 34.4. The Morgan fingerprint density at radius 2 is 2.14 bits per heavy atom. The summed E-state index contributed by atoms with van der Waals surface area (Å²) in [6, 6.07) is 6.09. The van der Waals surface area contributed by atoms with E-state index in [0.717, 1.165) is 61.1 Å². The average Bonchev–Trinajstić information content (AvgIpc) is 3.86. The molecule has 13 nitrogen and oxygen atoms in total. The highest BCUT2D eigenvalue weighted by atomic mass is 32.1. The van der Waals surface area contributed by atoms with E-state index in [2.05, 4.69) is 49.0 Å². The SMILES string of the molecule is CCCc1c(-c2nc(O[C@@H](C)[C@@H]3CCCN3C)cc(-n3ccc(C(=O)N(C)C4COC4)n3)n2)noc1[C@@]1(C)CCCc2sc(N)c(C#N)c21. The second-order valence-electron chi connectivity index (χ2n) is 13.7. The van der Waals surface area contributed by atoms with Crippen LogP contribution in [0.2, 0.25) is 0 Å². The third-order valence-corrected chi connectivity index (χ3v) is 11.5. The number of thiophene rings is 1. The maximum atomic E-state index is 13.2. The summed E-state index contributed by atoms with van der Waals surface area (Å²) in [6.07, 6.45) is 7.87. The molecule has 7 rings (SSSR count). The Morgan fingerprint density at radius 3 is 2.84 bits per heavy atom. The summed E-state index contributed by atoms with van der Waals surface area (Å²) in [7, 11) is 3.88. The lowest BCUT2D eigenvalue weighted by atomic mass is 9.69. The van der Waals surface area contributed by atoms with E-state index in [0.29, 0.717) is 64.9 Å². The van der Waals surface area contributed by atoms with Gasteiger partial charge >= 0.3 is 0 Å². The first-order valence-corrected chi connectivity index (χ1v) is 17.9. The number of anilines is 1. The van der Waals surface area contributed by atoms with E-state index >= 15 is 0 Å². The van der Waals surface area contributed by atoms with E-state index in [4.69, 9.17) is 29.7 Å². The van der Waals surface area contributed by atoms with Crippen LogP contribution in [0, 0.1) is 11.3 Å². The largest absolute Gasteiger partial charge is 0.473 e. The molecule has 3 aliphatic rings. The minimum absolute atomic E-state index is 0.0359.